The Kier molecular flexibility index (Phi) is 3.48. The maximum Gasteiger partial charge on any atom is 0.325 e. The number of ether oxygens (including phenoxy) is 1. The van der Waals surface area contributed by atoms with Crippen molar-refractivity contribution < 1.29 is 19.1 Å². The first-order chi connectivity index (χ1) is 10.6. The zero-order valence-corrected chi connectivity index (χ0v) is 12.2. The van der Waals surface area contributed by atoms with E-state index in [-0.39, 0.29) is 12.5 Å². The van der Waals surface area contributed by atoms with E-state index in [1.165, 1.54) is 0 Å². The Labute approximate surface area is 127 Å². The predicted molar refractivity (Wildman–Crippen MR) is 77.2 cm³/mol. The molecule has 4 amide bonds. The Balaban J connectivity index is 1.93. The lowest BCUT2D eigenvalue weighted by atomic mass is 9.84. The fourth-order valence-electron chi connectivity index (χ4n) is 2.91. The molecule has 22 heavy (non-hydrogen) atoms. The number of fused-ring (bicyclic) bond motifs is 2. The second-order valence-corrected chi connectivity index (χ2v) is 5.27. The van der Waals surface area contributed by atoms with Crippen LogP contribution in [0.3, 0.4) is 0 Å². The molecule has 3 rings (SSSR count). The summed E-state index contributed by atoms with van der Waals surface area (Å²) in [6, 6.07) is 6.59. The number of carbonyl (C=O) groups excluding carboxylic acids is 3. The standard InChI is InChI=1S/C15H17N3O4/c1-2-16-12(19)9-18-13(20)15(17-14(18)21)7-8-22-11-6-4-3-5-10(11)15/h3-6H,2,7-9H2,1H3,(H,16,19)(H,17,21)/t15-/m1/s1. The van der Waals surface area contributed by atoms with Crippen LogP contribution >= 0.6 is 0 Å². The summed E-state index contributed by atoms with van der Waals surface area (Å²) in [5, 5.41) is 5.34. The molecule has 7 heteroatoms. The van der Waals surface area contributed by atoms with Crippen molar-refractivity contribution in [2.45, 2.75) is 18.9 Å². The van der Waals surface area contributed by atoms with Crippen molar-refractivity contribution in [1.29, 1.82) is 0 Å². The normalized spacial score (nSPS) is 23.0. The zero-order chi connectivity index (χ0) is 15.7. The number of hydrogen-bond donors (Lipinski definition) is 2. The molecule has 7 nitrogen and oxygen atoms in total. The van der Waals surface area contributed by atoms with E-state index in [0.29, 0.717) is 30.9 Å². The SMILES string of the molecule is CCNC(=O)CN1C(=O)N[C@@]2(CCOc3ccccc32)C1=O. The molecule has 1 aromatic carbocycles. The number of benzene rings is 1. The summed E-state index contributed by atoms with van der Waals surface area (Å²) in [6.45, 7) is 2.28. The number of likely N-dealkylation sites (N-methyl/N-ethyl adjacent to an activating group) is 1. The lowest BCUT2D eigenvalue weighted by molar-refractivity contribution is -0.136. The van der Waals surface area contributed by atoms with Gasteiger partial charge in [0.25, 0.3) is 5.91 Å². The van der Waals surface area contributed by atoms with Crippen molar-refractivity contribution >= 4 is 17.8 Å². The fraction of sp³-hybridized carbons (Fsp3) is 0.400. The first kappa shape index (κ1) is 14.4. The number of hydrogen-bond acceptors (Lipinski definition) is 4. The van der Waals surface area contributed by atoms with Crippen LogP contribution in [0, 0.1) is 0 Å². The quantitative estimate of drug-likeness (QED) is 0.789. The third-order valence-electron chi connectivity index (χ3n) is 3.93. The van der Waals surface area contributed by atoms with E-state index >= 15 is 0 Å². The average Bonchev–Trinajstić information content (AvgIpc) is 2.73. The summed E-state index contributed by atoms with van der Waals surface area (Å²) in [7, 11) is 0. The van der Waals surface area contributed by atoms with Crippen molar-refractivity contribution in [2.24, 2.45) is 0 Å². The molecule has 0 aromatic heterocycles. The highest BCUT2D eigenvalue weighted by molar-refractivity contribution is 6.09. The number of para-hydroxylation sites is 1. The van der Waals surface area contributed by atoms with Crippen LogP contribution in [0.1, 0.15) is 18.9 Å². The number of amides is 4. The Morgan fingerprint density at radius 2 is 2.18 bits per heavy atom. The van der Waals surface area contributed by atoms with Crippen LogP contribution in [0.4, 0.5) is 4.79 Å². The topological polar surface area (TPSA) is 87.7 Å². The van der Waals surface area contributed by atoms with E-state index in [1.807, 2.05) is 6.07 Å². The number of carbonyl (C=O) groups is 3. The second-order valence-electron chi connectivity index (χ2n) is 5.27. The molecule has 2 aliphatic rings. The lowest BCUT2D eigenvalue weighted by Crippen LogP contribution is -2.48. The number of rotatable bonds is 3. The smallest absolute Gasteiger partial charge is 0.325 e. The molecule has 1 saturated heterocycles. The summed E-state index contributed by atoms with van der Waals surface area (Å²) in [5.41, 5.74) is -0.490. The minimum atomic E-state index is -1.13. The Bertz CT molecular complexity index is 645. The monoisotopic (exact) mass is 303 g/mol. The second kappa shape index (κ2) is 5.32. The number of nitrogens with one attached hydrogen (secondary N) is 2. The van der Waals surface area contributed by atoms with Crippen molar-refractivity contribution in [1.82, 2.24) is 15.5 Å². The first-order valence-corrected chi connectivity index (χ1v) is 7.21. The maximum atomic E-state index is 12.8. The first-order valence-electron chi connectivity index (χ1n) is 7.21. The van der Waals surface area contributed by atoms with Gasteiger partial charge in [-0.25, -0.2) is 4.79 Å². The molecule has 2 heterocycles. The van der Waals surface area contributed by atoms with Gasteiger partial charge in [-0.2, -0.15) is 0 Å². The molecule has 1 fully saturated rings. The third-order valence-corrected chi connectivity index (χ3v) is 3.93. The van der Waals surface area contributed by atoms with Crippen LogP contribution in [0.25, 0.3) is 0 Å². The van der Waals surface area contributed by atoms with Gasteiger partial charge in [0, 0.05) is 18.5 Å². The van der Waals surface area contributed by atoms with E-state index in [1.54, 1.807) is 25.1 Å². The molecule has 2 N–H and O–H groups in total. The summed E-state index contributed by atoms with van der Waals surface area (Å²) in [6.07, 6.45) is 0.348. The molecule has 1 atom stereocenters. The van der Waals surface area contributed by atoms with Crippen LogP contribution in [-0.2, 0) is 15.1 Å². The van der Waals surface area contributed by atoms with Gasteiger partial charge in [-0.05, 0) is 13.0 Å². The summed E-state index contributed by atoms with van der Waals surface area (Å²) in [5.74, 6) is -0.176. The van der Waals surface area contributed by atoms with Crippen molar-refractivity contribution in [3.05, 3.63) is 29.8 Å². The predicted octanol–water partition coefficient (Wildman–Crippen LogP) is 0.352. The van der Waals surface area contributed by atoms with Crippen LogP contribution in [0.5, 0.6) is 5.75 Å². The molecular formula is C15H17N3O4. The van der Waals surface area contributed by atoms with Gasteiger partial charge in [0.05, 0.1) is 6.61 Å². The van der Waals surface area contributed by atoms with Gasteiger partial charge < -0.3 is 15.4 Å². The van der Waals surface area contributed by atoms with E-state index < -0.39 is 17.5 Å². The van der Waals surface area contributed by atoms with Gasteiger partial charge >= 0.3 is 6.03 Å². The molecule has 2 aliphatic heterocycles. The minimum absolute atomic E-state index is 0.275. The maximum absolute atomic E-state index is 12.8. The fourth-order valence-corrected chi connectivity index (χ4v) is 2.91. The van der Waals surface area contributed by atoms with Gasteiger partial charge in [0.1, 0.15) is 12.3 Å². The Hall–Kier alpha value is -2.57. The molecule has 0 unspecified atom stereocenters. The molecule has 0 saturated carbocycles. The minimum Gasteiger partial charge on any atom is -0.493 e. The third kappa shape index (κ3) is 2.09. The molecule has 1 aromatic rings. The number of imide groups is 1. The van der Waals surface area contributed by atoms with E-state index in [0.717, 1.165) is 4.90 Å². The summed E-state index contributed by atoms with van der Waals surface area (Å²) in [4.78, 5) is 37.6. The van der Waals surface area contributed by atoms with Gasteiger partial charge in [-0.15, -0.1) is 0 Å². The Morgan fingerprint density at radius 3 is 2.95 bits per heavy atom. The average molecular weight is 303 g/mol. The summed E-state index contributed by atoms with van der Waals surface area (Å²) < 4.78 is 5.55. The molecular weight excluding hydrogens is 286 g/mol. The van der Waals surface area contributed by atoms with Crippen LogP contribution in [0.2, 0.25) is 0 Å². The highest BCUT2D eigenvalue weighted by Gasteiger charge is 2.55. The largest absolute Gasteiger partial charge is 0.493 e. The van der Waals surface area contributed by atoms with Crippen LogP contribution in [0.15, 0.2) is 24.3 Å². The van der Waals surface area contributed by atoms with E-state index in [9.17, 15) is 14.4 Å². The molecule has 1 spiro atoms. The molecule has 116 valence electrons. The molecule has 0 aliphatic carbocycles. The van der Waals surface area contributed by atoms with Gasteiger partial charge in [0.15, 0.2) is 5.54 Å². The Morgan fingerprint density at radius 1 is 1.41 bits per heavy atom. The highest BCUT2D eigenvalue weighted by Crippen LogP contribution is 2.40. The zero-order valence-electron chi connectivity index (χ0n) is 12.2. The van der Waals surface area contributed by atoms with E-state index in [4.69, 9.17) is 4.74 Å². The lowest BCUT2D eigenvalue weighted by Gasteiger charge is -2.33. The van der Waals surface area contributed by atoms with Crippen LogP contribution in [-0.4, -0.2) is 42.4 Å². The van der Waals surface area contributed by atoms with Crippen molar-refractivity contribution in [3.63, 3.8) is 0 Å². The number of nitrogens with zero attached hydrogens (tertiary/aromatic N) is 1. The van der Waals surface area contributed by atoms with E-state index in [2.05, 4.69) is 10.6 Å². The van der Waals surface area contributed by atoms with Crippen molar-refractivity contribution in [2.75, 3.05) is 19.7 Å². The summed E-state index contributed by atoms with van der Waals surface area (Å²) >= 11 is 0. The highest BCUT2D eigenvalue weighted by atomic mass is 16.5. The van der Waals surface area contributed by atoms with Crippen molar-refractivity contribution in [3.8, 4) is 5.75 Å². The molecule has 0 radical (unpaired) electrons. The van der Waals surface area contributed by atoms with Gasteiger partial charge in [-0.3, -0.25) is 14.5 Å². The van der Waals surface area contributed by atoms with Gasteiger partial charge in [0.2, 0.25) is 5.91 Å². The van der Waals surface area contributed by atoms with Gasteiger partial charge in [-0.1, -0.05) is 18.2 Å². The number of urea groups is 1. The van der Waals surface area contributed by atoms with Crippen LogP contribution < -0.4 is 15.4 Å². The molecule has 0 bridgehead atoms.